The van der Waals surface area contributed by atoms with Gasteiger partial charge in [-0.3, -0.25) is 14.3 Å². The van der Waals surface area contributed by atoms with Crippen molar-refractivity contribution in [1.29, 1.82) is 0 Å². The fourth-order valence-electron chi connectivity index (χ4n) is 4.28. The fourth-order valence-corrected chi connectivity index (χ4v) is 4.28. The lowest BCUT2D eigenvalue weighted by Crippen LogP contribution is -2.40. The molecule has 2 aliphatic rings. The van der Waals surface area contributed by atoms with Gasteiger partial charge in [0.1, 0.15) is 22.8 Å². The Bertz CT molecular complexity index is 1260. The second-order valence-corrected chi connectivity index (χ2v) is 9.35. The molecule has 1 aromatic heterocycles. The number of morpholine rings is 1. The molecule has 0 unspecified atom stereocenters. The molecule has 35 heavy (non-hydrogen) atoms. The number of aromatic nitrogens is 2. The summed E-state index contributed by atoms with van der Waals surface area (Å²) in [6, 6.07) is 12.2. The Hall–Kier alpha value is -3.85. The van der Waals surface area contributed by atoms with Crippen molar-refractivity contribution in [2.75, 3.05) is 31.6 Å². The summed E-state index contributed by atoms with van der Waals surface area (Å²) in [5.74, 6) is 1.87. The van der Waals surface area contributed by atoms with E-state index >= 15 is 0 Å². The number of carbonyl (C=O) groups is 2. The van der Waals surface area contributed by atoms with Crippen molar-refractivity contribution in [3.63, 3.8) is 0 Å². The average Bonchev–Trinajstić information content (AvgIpc) is 3.40. The fraction of sp³-hybridized carbons (Fsp3) is 0.346. The number of nitrogens with one attached hydrogen (secondary N) is 1. The van der Waals surface area contributed by atoms with Crippen LogP contribution in [0.15, 0.2) is 48.7 Å². The summed E-state index contributed by atoms with van der Waals surface area (Å²) in [4.78, 5) is 27.5. The van der Waals surface area contributed by atoms with E-state index < -0.39 is 5.60 Å². The second kappa shape index (κ2) is 9.07. The van der Waals surface area contributed by atoms with Gasteiger partial charge in [0.2, 0.25) is 0 Å². The first-order valence-corrected chi connectivity index (χ1v) is 11.6. The first-order valence-electron chi connectivity index (χ1n) is 11.6. The monoisotopic (exact) mass is 476 g/mol. The van der Waals surface area contributed by atoms with Crippen LogP contribution in [0.25, 0.3) is 0 Å². The van der Waals surface area contributed by atoms with Gasteiger partial charge in [-0.2, -0.15) is 5.10 Å². The first kappa shape index (κ1) is 22.9. The van der Waals surface area contributed by atoms with Gasteiger partial charge in [-0.1, -0.05) is 0 Å². The highest BCUT2D eigenvalue weighted by molar-refractivity contribution is 6.04. The Morgan fingerprint density at radius 3 is 2.49 bits per heavy atom. The molecule has 182 valence electrons. The molecule has 0 bridgehead atoms. The molecule has 9 heteroatoms. The minimum absolute atomic E-state index is 0.0240. The summed E-state index contributed by atoms with van der Waals surface area (Å²) in [6.45, 7) is 6.28. The zero-order valence-corrected chi connectivity index (χ0v) is 20.0. The van der Waals surface area contributed by atoms with E-state index in [9.17, 15) is 9.59 Å². The zero-order valence-electron chi connectivity index (χ0n) is 20.0. The van der Waals surface area contributed by atoms with Gasteiger partial charge in [-0.15, -0.1) is 0 Å². The van der Waals surface area contributed by atoms with Gasteiger partial charge >= 0.3 is 0 Å². The molecular weight excluding hydrogens is 448 g/mol. The molecule has 5 rings (SSSR count). The van der Waals surface area contributed by atoms with Gasteiger partial charge in [0.25, 0.3) is 11.8 Å². The van der Waals surface area contributed by atoms with Crippen molar-refractivity contribution in [2.45, 2.75) is 25.9 Å². The Labute approximate surface area is 203 Å². The van der Waals surface area contributed by atoms with E-state index in [0.29, 0.717) is 66.9 Å². The molecule has 1 fully saturated rings. The Kier molecular flexibility index (Phi) is 5.94. The number of aryl methyl sites for hydroxylation is 1. The number of hydrogen-bond acceptors (Lipinski definition) is 6. The Morgan fingerprint density at radius 2 is 1.80 bits per heavy atom. The second-order valence-electron chi connectivity index (χ2n) is 9.35. The van der Waals surface area contributed by atoms with Crippen molar-refractivity contribution in [2.24, 2.45) is 7.05 Å². The number of benzene rings is 2. The van der Waals surface area contributed by atoms with Gasteiger partial charge in [-0.05, 0) is 50.2 Å². The molecule has 0 saturated carbocycles. The lowest BCUT2D eigenvalue weighted by atomic mass is 9.99. The van der Waals surface area contributed by atoms with Gasteiger partial charge in [-0.25, -0.2) is 0 Å². The number of rotatable bonds is 5. The van der Waals surface area contributed by atoms with Crippen molar-refractivity contribution >= 4 is 17.6 Å². The van der Waals surface area contributed by atoms with Crippen LogP contribution >= 0.6 is 0 Å². The van der Waals surface area contributed by atoms with Gasteiger partial charge in [0.15, 0.2) is 5.82 Å². The summed E-state index contributed by atoms with van der Waals surface area (Å²) in [6.07, 6.45) is 2.40. The minimum Gasteiger partial charge on any atom is -0.487 e. The van der Waals surface area contributed by atoms with E-state index in [1.165, 1.54) is 0 Å². The van der Waals surface area contributed by atoms with Crippen LogP contribution in [0, 0.1) is 0 Å². The Balaban J connectivity index is 1.38. The van der Waals surface area contributed by atoms with Crippen LogP contribution < -0.4 is 14.8 Å². The molecular formula is C26H28N4O5. The number of anilines is 1. The van der Waals surface area contributed by atoms with Gasteiger partial charge in [0.05, 0.1) is 13.2 Å². The third-order valence-corrected chi connectivity index (χ3v) is 6.00. The summed E-state index contributed by atoms with van der Waals surface area (Å²) in [7, 11) is 1.78. The van der Waals surface area contributed by atoms with E-state index in [4.69, 9.17) is 14.2 Å². The normalized spacial score (nSPS) is 16.4. The molecule has 0 spiro atoms. The van der Waals surface area contributed by atoms with Crippen molar-refractivity contribution in [3.05, 3.63) is 65.4 Å². The quantitative estimate of drug-likeness (QED) is 0.604. The lowest BCUT2D eigenvalue weighted by molar-refractivity contribution is 0.0303. The molecule has 9 nitrogen and oxygen atoms in total. The third kappa shape index (κ3) is 5.00. The number of carbonyl (C=O) groups excluding carboxylic acids is 2. The van der Waals surface area contributed by atoms with Crippen LogP contribution in [-0.2, 0) is 18.2 Å². The largest absolute Gasteiger partial charge is 0.487 e. The number of fused-ring (bicyclic) bond motifs is 1. The number of hydrogen-bond donors (Lipinski definition) is 1. The predicted molar refractivity (Wildman–Crippen MR) is 129 cm³/mol. The average molecular weight is 477 g/mol. The summed E-state index contributed by atoms with van der Waals surface area (Å²) in [5.41, 5.74) is 1.49. The molecule has 1 saturated heterocycles. The predicted octanol–water partition coefficient (Wildman–Crippen LogP) is 3.65. The third-order valence-electron chi connectivity index (χ3n) is 6.00. The number of ether oxygens (including phenoxy) is 3. The molecule has 2 aromatic carbocycles. The zero-order chi connectivity index (χ0) is 24.6. The number of nitrogens with zero attached hydrogens (tertiary/aromatic N) is 3. The summed E-state index contributed by atoms with van der Waals surface area (Å²) < 4.78 is 19.3. The molecule has 0 radical (unpaired) electrons. The molecule has 3 aromatic rings. The maximum Gasteiger partial charge on any atom is 0.257 e. The van der Waals surface area contributed by atoms with E-state index in [-0.39, 0.29) is 11.8 Å². The summed E-state index contributed by atoms with van der Waals surface area (Å²) >= 11 is 0. The highest BCUT2D eigenvalue weighted by Crippen LogP contribution is 2.43. The standard InChI is InChI=1S/C26H28N4O5/c1-26(2)16-20-21(14-18(15-22(20)35-26)24(31)27-23-8-9-29(3)28-23)34-19-6-4-17(5-7-19)25(32)30-10-12-33-13-11-30/h4-9,14-15H,10-13,16H2,1-3H3,(H,27,28,31). The van der Waals surface area contributed by atoms with Crippen molar-refractivity contribution in [1.82, 2.24) is 14.7 Å². The van der Waals surface area contributed by atoms with Crippen molar-refractivity contribution in [3.8, 4) is 17.2 Å². The van der Waals surface area contributed by atoms with E-state index in [0.717, 1.165) is 5.56 Å². The van der Waals surface area contributed by atoms with E-state index in [2.05, 4.69) is 10.4 Å². The molecule has 0 atom stereocenters. The first-order chi connectivity index (χ1) is 16.8. The molecule has 2 amide bonds. The van der Waals surface area contributed by atoms with Crippen LogP contribution in [0.1, 0.15) is 40.1 Å². The van der Waals surface area contributed by atoms with Crippen LogP contribution in [0.5, 0.6) is 17.2 Å². The smallest absolute Gasteiger partial charge is 0.257 e. The SMILES string of the molecule is Cn1ccc(NC(=O)c2cc(Oc3ccc(C(=O)N4CCOCC4)cc3)c3c(c2)OC(C)(C)C3)n1. The van der Waals surface area contributed by atoms with Gasteiger partial charge < -0.3 is 24.4 Å². The minimum atomic E-state index is -0.412. The topological polar surface area (TPSA) is 94.9 Å². The van der Waals surface area contributed by atoms with Crippen molar-refractivity contribution < 1.29 is 23.8 Å². The van der Waals surface area contributed by atoms with Gasteiger partial charge in [0, 0.05) is 55.5 Å². The maximum atomic E-state index is 12.9. The molecule has 1 N–H and O–H groups in total. The molecule has 2 aliphatic heterocycles. The maximum absolute atomic E-state index is 12.9. The van der Waals surface area contributed by atoms with Crippen LogP contribution in [0.2, 0.25) is 0 Å². The van der Waals surface area contributed by atoms with Crippen LogP contribution in [0.3, 0.4) is 0 Å². The molecule has 3 heterocycles. The summed E-state index contributed by atoms with van der Waals surface area (Å²) in [5, 5.41) is 7.00. The lowest BCUT2D eigenvalue weighted by Gasteiger charge is -2.26. The van der Waals surface area contributed by atoms with Crippen LogP contribution in [-0.4, -0.2) is 58.4 Å². The van der Waals surface area contributed by atoms with E-state index in [1.807, 2.05) is 13.8 Å². The Morgan fingerprint density at radius 1 is 1.06 bits per heavy atom. The highest BCUT2D eigenvalue weighted by atomic mass is 16.5. The highest BCUT2D eigenvalue weighted by Gasteiger charge is 2.34. The number of amides is 2. The van der Waals surface area contributed by atoms with Crippen LogP contribution in [0.4, 0.5) is 5.82 Å². The van der Waals surface area contributed by atoms with E-state index in [1.54, 1.807) is 65.3 Å². The molecule has 0 aliphatic carbocycles.